The molecule has 2 aromatic carbocycles. The molecule has 0 radical (unpaired) electrons. The van der Waals surface area contributed by atoms with Crippen LogP contribution in [0.25, 0.3) is 16.9 Å². The number of aromatic nitrogens is 2. The number of para-hydroxylation sites is 1. The number of rotatable bonds is 5. The molecule has 0 unspecified atom stereocenters. The fourth-order valence-electron chi connectivity index (χ4n) is 2.85. The first kappa shape index (κ1) is 18.4. The second kappa shape index (κ2) is 7.86. The zero-order valence-corrected chi connectivity index (χ0v) is 15.5. The fourth-order valence-corrected chi connectivity index (χ4v) is 2.85. The molecule has 0 aliphatic heterocycles. The Labute approximate surface area is 157 Å². The SMILES string of the molecule is COC(=O)CNC(=O)c1cn(-c2ccccc2)nc1-c1ccc(C)cc1C. The zero-order chi connectivity index (χ0) is 19.4. The fraction of sp³-hybridized carbons (Fsp3) is 0.190. The number of hydrogen-bond donors (Lipinski definition) is 1. The Kier molecular flexibility index (Phi) is 5.35. The van der Waals surface area contributed by atoms with Gasteiger partial charge in [-0.3, -0.25) is 9.59 Å². The third-order valence-corrected chi connectivity index (χ3v) is 4.24. The number of nitrogens with one attached hydrogen (secondary N) is 1. The Morgan fingerprint density at radius 3 is 2.52 bits per heavy atom. The van der Waals surface area contributed by atoms with E-state index in [1.807, 2.05) is 62.4 Å². The molecule has 0 aliphatic rings. The molecule has 6 nitrogen and oxygen atoms in total. The van der Waals surface area contributed by atoms with Crippen LogP contribution >= 0.6 is 0 Å². The van der Waals surface area contributed by atoms with E-state index in [-0.39, 0.29) is 12.5 Å². The maximum atomic E-state index is 12.7. The van der Waals surface area contributed by atoms with Crippen molar-refractivity contribution in [1.82, 2.24) is 15.1 Å². The van der Waals surface area contributed by atoms with Gasteiger partial charge in [0, 0.05) is 11.8 Å². The lowest BCUT2D eigenvalue weighted by Crippen LogP contribution is -2.30. The summed E-state index contributed by atoms with van der Waals surface area (Å²) in [5.74, 6) is -0.885. The molecule has 0 saturated heterocycles. The van der Waals surface area contributed by atoms with Crippen LogP contribution < -0.4 is 5.32 Å². The van der Waals surface area contributed by atoms with Gasteiger partial charge in [0.05, 0.1) is 18.4 Å². The molecular formula is C21H21N3O3. The third-order valence-electron chi connectivity index (χ3n) is 4.24. The van der Waals surface area contributed by atoms with Crippen LogP contribution in [0.1, 0.15) is 21.5 Å². The number of hydrogen-bond acceptors (Lipinski definition) is 4. The van der Waals surface area contributed by atoms with Crippen molar-refractivity contribution in [3.63, 3.8) is 0 Å². The Balaban J connectivity index is 2.05. The van der Waals surface area contributed by atoms with Gasteiger partial charge in [-0.1, -0.05) is 42.0 Å². The summed E-state index contributed by atoms with van der Waals surface area (Å²) in [5, 5.41) is 7.24. The maximum absolute atomic E-state index is 12.7. The van der Waals surface area contributed by atoms with Crippen molar-refractivity contribution < 1.29 is 14.3 Å². The number of ether oxygens (including phenoxy) is 1. The highest BCUT2D eigenvalue weighted by Gasteiger charge is 2.20. The van der Waals surface area contributed by atoms with Gasteiger partial charge >= 0.3 is 5.97 Å². The van der Waals surface area contributed by atoms with Gasteiger partial charge in [-0.15, -0.1) is 0 Å². The van der Waals surface area contributed by atoms with Gasteiger partial charge in [-0.05, 0) is 31.5 Å². The molecule has 0 spiro atoms. The molecule has 1 aromatic heterocycles. The predicted molar refractivity (Wildman–Crippen MR) is 103 cm³/mol. The predicted octanol–water partition coefficient (Wildman–Crippen LogP) is 3.06. The van der Waals surface area contributed by atoms with Crippen molar-refractivity contribution in [2.24, 2.45) is 0 Å². The van der Waals surface area contributed by atoms with E-state index in [2.05, 4.69) is 15.2 Å². The van der Waals surface area contributed by atoms with Crippen LogP contribution in [-0.2, 0) is 9.53 Å². The van der Waals surface area contributed by atoms with E-state index in [9.17, 15) is 9.59 Å². The monoisotopic (exact) mass is 363 g/mol. The molecule has 0 saturated carbocycles. The lowest BCUT2D eigenvalue weighted by molar-refractivity contribution is -0.139. The van der Waals surface area contributed by atoms with E-state index in [1.54, 1.807) is 10.9 Å². The Bertz CT molecular complexity index is 978. The summed E-state index contributed by atoms with van der Waals surface area (Å²) in [6, 6.07) is 15.5. The van der Waals surface area contributed by atoms with Gasteiger partial charge in [-0.2, -0.15) is 5.10 Å². The van der Waals surface area contributed by atoms with Crippen LogP contribution in [0.3, 0.4) is 0 Å². The molecule has 1 amide bonds. The van der Waals surface area contributed by atoms with Gasteiger partial charge in [-0.25, -0.2) is 4.68 Å². The summed E-state index contributed by atoms with van der Waals surface area (Å²) in [6.07, 6.45) is 1.68. The van der Waals surface area contributed by atoms with Crippen molar-refractivity contribution in [2.75, 3.05) is 13.7 Å². The number of carbonyl (C=O) groups is 2. The van der Waals surface area contributed by atoms with Crippen LogP contribution in [0, 0.1) is 13.8 Å². The van der Waals surface area contributed by atoms with Crippen LogP contribution in [0.2, 0.25) is 0 Å². The van der Waals surface area contributed by atoms with Crippen molar-refractivity contribution in [3.8, 4) is 16.9 Å². The van der Waals surface area contributed by atoms with Crippen LogP contribution in [0.15, 0.2) is 54.7 Å². The van der Waals surface area contributed by atoms with Crippen molar-refractivity contribution in [2.45, 2.75) is 13.8 Å². The zero-order valence-electron chi connectivity index (χ0n) is 15.5. The minimum atomic E-state index is -0.508. The minimum absolute atomic E-state index is 0.196. The van der Waals surface area contributed by atoms with E-state index in [0.717, 1.165) is 22.4 Å². The lowest BCUT2D eigenvalue weighted by Gasteiger charge is -2.07. The van der Waals surface area contributed by atoms with Crippen molar-refractivity contribution in [1.29, 1.82) is 0 Å². The van der Waals surface area contributed by atoms with Crippen molar-refractivity contribution in [3.05, 3.63) is 71.4 Å². The molecule has 0 atom stereocenters. The van der Waals surface area contributed by atoms with Gasteiger partial charge in [0.2, 0.25) is 0 Å². The van der Waals surface area contributed by atoms with E-state index in [4.69, 9.17) is 0 Å². The van der Waals surface area contributed by atoms with Crippen LogP contribution in [0.4, 0.5) is 0 Å². The minimum Gasteiger partial charge on any atom is -0.468 e. The highest BCUT2D eigenvalue weighted by Crippen LogP contribution is 2.27. The number of benzene rings is 2. The quantitative estimate of drug-likeness (QED) is 0.707. The molecule has 3 aromatic rings. The second-order valence-corrected chi connectivity index (χ2v) is 6.25. The van der Waals surface area contributed by atoms with Crippen LogP contribution in [0.5, 0.6) is 0 Å². The highest BCUT2D eigenvalue weighted by atomic mass is 16.5. The van der Waals surface area contributed by atoms with Crippen LogP contribution in [-0.4, -0.2) is 35.3 Å². The molecule has 27 heavy (non-hydrogen) atoms. The first-order valence-electron chi connectivity index (χ1n) is 8.57. The summed E-state index contributed by atoms with van der Waals surface area (Å²) >= 11 is 0. The molecule has 1 heterocycles. The number of carbonyl (C=O) groups excluding carboxylic acids is 2. The molecule has 1 N–H and O–H groups in total. The van der Waals surface area contributed by atoms with Crippen molar-refractivity contribution >= 4 is 11.9 Å². The number of amides is 1. The Hall–Kier alpha value is -3.41. The standard InChI is InChI=1S/C21H21N3O3/c1-14-9-10-17(15(2)11-14)20-18(21(26)22-12-19(25)27-3)13-24(23-20)16-7-5-4-6-8-16/h4-11,13H,12H2,1-3H3,(H,22,26). The summed E-state index contributed by atoms with van der Waals surface area (Å²) < 4.78 is 6.25. The molecule has 0 fully saturated rings. The molecule has 138 valence electrons. The van der Waals surface area contributed by atoms with Gasteiger partial charge in [0.25, 0.3) is 5.91 Å². The molecule has 6 heteroatoms. The van der Waals surface area contributed by atoms with E-state index >= 15 is 0 Å². The van der Waals surface area contributed by atoms with E-state index < -0.39 is 5.97 Å². The number of esters is 1. The molecule has 3 rings (SSSR count). The first-order chi connectivity index (χ1) is 13.0. The maximum Gasteiger partial charge on any atom is 0.325 e. The number of nitrogens with zero attached hydrogens (tertiary/aromatic N) is 2. The summed E-state index contributed by atoms with van der Waals surface area (Å²) in [5.41, 5.74) is 4.84. The molecular weight excluding hydrogens is 342 g/mol. The average Bonchev–Trinajstić information content (AvgIpc) is 3.11. The Morgan fingerprint density at radius 2 is 1.85 bits per heavy atom. The summed E-state index contributed by atoms with van der Waals surface area (Å²) in [6.45, 7) is 3.81. The number of methoxy groups -OCH3 is 1. The summed E-state index contributed by atoms with van der Waals surface area (Å²) in [4.78, 5) is 24.1. The first-order valence-corrected chi connectivity index (χ1v) is 8.57. The smallest absolute Gasteiger partial charge is 0.325 e. The lowest BCUT2D eigenvalue weighted by atomic mass is 10.0. The second-order valence-electron chi connectivity index (χ2n) is 6.25. The van der Waals surface area contributed by atoms with Gasteiger partial charge in [0.1, 0.15) is 12.2 Å². The largest absolute Gasteiger partial charge is 0.468 e. The highest BCUT2D eigenvalue weighted by molar-refractivity contribution is 6.01. The summed E-state index contributed by atoms with van der Waals surface area (Å²) in [7, 11) is 1.28. The Morgan fingerprint density at radius 1 is 1.11 bits per heavy atom. The average molecular weight is 363 g/mol. The normalized spacial score (nSPS) is 10.5. The molecule has 0 bridgehead atoms. The van der Waals surface area contributed by atoms with E-state index in [0.29, 0.717) is 11.3 Å². The molecule has 0 aliphatic carbocycles. The third kappa shape index (κ3) is 4.06. The van der Waals surface area contributed by atoms with Gasteiger partial charge in [0.15, 0.2) is 0 Å². The topological polar surface area (TPSA) is 73.2 Å². The van der Waals surface area contributed by atoms with E-state index in [1.165, 1.54) is 7.11 Å². The van der Waals surface area contributed by atoms with Gasteiger partial charge < -0.3 is 10.1 Å². The number of aryl methyl sites for hydroxylation is 2.